The van der Waals surface area contributed by atoms with E-state index in [0.29, 0.717) is 6.04 Å². The molecule has 1 heterocycles. The monoisotopic (exact) mass is 99.1 g/mol. The van der Waals surface area contributed by atoms with Gasteiger partial charge in [0.15, 0.2) is 0 Å². The minimum absolute atomic E-state index is 0.394. The number of hydrogen-bond acceptors (Lipinski definition) is 3. The topological polar surface area (TPSA) is 41.3 Å². The van der Waals surface area contributed by atoms with Crippen molar-refractivity contribution in [1.82, 2.24) is 10.5 Å². The van der Waals surface area contributed by atoms with Crippen LogP contribution in [0.3, 0.4) is 0 Å². The van der Waals surface area contributed by atoms with Gasteiger partial charge in [-0.15, -0.1) is 0 Å². The molecule has 1 aliphatic heterocycles. The first-order chi connectivity index (χ1) is 3.29. The van der Waals surface area contributed by atoms with E-state index in [-0.39, 0.29) is 0 Å². The molecule has 0 spiro atoms. The Morgan fingerprint density at radius 1 is 1.86 bits per heavy atom. The van der Waals surface area contributed by atoms with Gasteiger partial charge in [0.05, 0.1) is 0 Å². The second-order valence-corrected chi connectivity index (χ2v) is 1.67. The maximum Gasteiger partial charge on any atom is 0.0446 e. The first-order valence-electron chi connectivity index (χ1n) is 2.27. The van der Waals surface area contributed by atoms with Crippen molar-refractivity contribution in [3.63, 3.8) is 0 Å². The molecule has 0 saturated carbocycles. The van der Waals surface area contributed by atoms with E-state index in [1.807, 2.05) is 13.0 Å². The van der Waals surface area contributed by atoms with Gasteiger partial charge in [0.1, 0.15) is 0 Å². The highest BCUT2D eigenvalue weighted by atomic mass is 15.7. The molecule has 40 valence electrons. The molecule has 0 fully saturated rings. The van der Waals surface area contributed by atoms with E-state index in [9.17, 15) is 0 Å². The first kappa shape index (κ1) is 4.61. The second kappa shape index (κ2) is 1.52. The Morgan fingerprint density at radius 3 is 2.71 bits per heavy atom. The predicted molar refractivity (Wildman–Crippen MR) is 27.8 cm³/mol. The van der Waals surface area contributed by atoms with Crippen LogP contribution in [-0.2, 0) is 0 Å². The van der Waals surface area contributed by atoms with E-state index in [2.05, 4.69) is 5.43 Å². The number of hydrazine groups is 2. The quantitative estimate of drug-likeness (QED) is 0.405. The summed E-state index contributed by atoms with van der Waals surface area (Å²) in [6, 6.07) is 0.394. The van der Waals surface area contributed by atoms with Crippen LogP contribution < -0.4 is 11.3 Å². The average Bonchev–Trinajstić information content (AvgIpc) is 1.87. The Hall–Kier alpha value is -0.540. The van der Waals surface area contributed by atoms with Gasteiger partial charge in [0.2, 0.25) is 0 Å². The van der Waals surface area contributed by atoms with Gasteiger partial charge >= 0.3 is 0 Å². The van der Waals surface area contributed by atoms with Crippen molar-refractivity contribution >= 4 is 0 Å². The molecular formula is C4H9N3. The summed E-state index contributed by atoms with van der Waals surface area (Å²) in [5, 5.41) is 1.45. The molecule has 1 aliphatic rings. The fraction of sp³-hybridized carbons (Fsp3) is 0.500. The molecule has 3 nitrogen and oxygen atoms in total. The molecule has 0 bridgehead atoms. The highest BCUT2D eigenvalue weighted by Gasteiger charge is 2.03. The van der Waals surface area contributed by atoms with E-state index >= 15 is 0 Å². The molecule has 0 aliphatic carbocycles. The lowest BCUT2D eigenvalue weighted by Crippen LogP contribution is -2.38. The van der Waals surface area contributed by atoms with Gasteiger partial charge in [-0.1, -0.05) is 0 Å². The average molecular weight is 99.1 g/mol. The minimum Gasteiger partial charge on any atom is -0.251 e. The van der Waals surface area contributed by atoms with Crippen LogP contribution >= 0.6 is 0 Å². The zero-order chi connectivity index (χ0) is 5.28. The molecule has 0 saturated heterocycles. The van der Waals surface area contributed by atoms with Crippen molar-refractivity contribution in [2.75, 3.05) is 0 Å². The summed E-state index contributed by atoms with van der Waals surface area (Å²) >= 11 is 0. The summed E-state index contributed by atoms with van der Waals surface area (Å²) in [7, 11) is 0. The van der Waals surface area contributed by atoms with Gasteiger partial charge in [0, 0.05) is 12.2 Å². The summed E-state index contributed by atoms with van der Waals surface area (Å²) in [4.78, 5) is 0. The third-order valence-corrected chi connectivity index (χ3v) is 0.888. The molecule has 1 rings (SSSR count). The summed E-state index contributed by atoms with van der Waals surface area (Å²) in [6.45, 7) is 2.03. The third-order valence-electron chi connectivity index (χ3n) is 0.888. The van der Waals surface area contributed by atoms with Crippen molar-refractivity contribution in [3.05, 3.63) is 12.3 Å². The number of nitrogens with one attached hydrogen (secondary N) is 1. The van der Waals surface area contributed by atoms with Crippen LogP contribution in [0.4, 0.5) is 0 Å². The summed E-state index contributed by atoms with van der Waals surface area (Å²) < 4.78 is 0. The van der Waals surface area contributed by atoms with Gasteiger partial charge in [-0.2, -0.15) is 0 Å². The van der Waals surface area contributed by atoms with Gasteiger partial charge < -0.3 is 0 Å². The first-order valence-corrected chi connectivity index (χ1v) is 2.27. The molecule has 1 unspecified atom stereocenters. The van der Waals surface area contributed by atoms with E-state index in [4.69, 9.17) is 5.84 Å². The largest absolute Gasteiger partial charge is 0.251 e. The molecule has 0 aromatic heterocycles. The number of rotatable bonds is 0. The summed E-state index contributed by atoms with van der Waals surface area (Å²) in [5.74, 6) is 5.26. The number of nitrogens with zero attached hydrogens (tertiary/aromatic N) is 1. The van der Waals surface area contributed by atoms with Gasteiger partial charge in [0.25, 0.3) is 0 Å². The normalized spacial score (nSPS) is 29.4. The van der Waals surface area contributed by atoms with E-state index < -0.39 is 0 Å². The fourth-order valence-corrected chi connectivity index (χ4v) is 0.543. The lowest BCUT2D eigenvalue weighted by molar-refractivity contribution is 0.290. The van der Waals surface area contributed by atoms with E-state index in [1.54, 1.807) is 6.20 Å². The Morgan fingerprint density at radius 2 is 2.57 bits per heavy atom. The molecule has 0 aromatic carbocycles. The van der Waals surface area contributed by atoms with E-state index in [1.165, 1.54) is 5.12 Å². The van der Waals surface area contributed by atoms with Crippen molar-refractivity contribution in [2.24, 2.45) is 5.84 Å². The molecule has 0 radical (unpaired) electrons. The predicted octanol–water partition coefficient (Wildman–Crippen LogP) is -0.417. The van der Waals surface area contributed by atoms with Crippen LogP contribution in [0, 0.1) is 0 Å². The molecular weight excluding hydrogens is 90.1 g/mol. The van der Waals surface area contributed by atoms with Crippen LogP contribution in [0.5, 0.6) is 0 Å². The highest BCUT2D eigenvalue weighted by molar-refractivity contribution is 4.93. The molecule has 0 aromatic rings. The number of nitrogens with two attached hydrogens (primary N) is 1. The Bertz CT molecular complexity index is 78.9. The summed E-state index contributed by atoms with van der Waals surface area (Å²) in [5.41, 5.74) is 2.92. The highest BCUT2D eigenvalue weighted by Crippen LogP contribution is 1.92. The smallest absolute Gasteiger partial charge is 0.0446 e. The van der Waals surface area contributed by atoms with Gasteiger partial charge in [-0.25, -0.2) is 11.3 Å². The van der Waals surface area contributed by atoms with E-state index in [0.717, 1.165) is 0 Å². The van der Waals surface area contributed by atoms with Crippen LogP contribution in [0.15, 0.2) is 12.3 Å². The van der Waals surface area contributed by atoms with Crippen molar-refractivity contribution in [1.29, 1.82) is 0 Å². The Kier molecular flexibility index (Phi) is 1.00. The van der Waals surface area contributed by atoms with Crippen molar-refractivity contribution in [2.45, 2.75) is 13.0 Å². The Labute approximate surface area is 42.7 Å². The standard InChI is InChI=1S/C4H9N3/c1-4-2-3-7(5)6-4/h2-4,6H,5H2,1H3. The SMILES string of the molecule is CC1C=CN(N)N1. The van der Waals surface area contributed by atoms with Crippen molar-refractivity contribution in [3.8, 4) is 0 Å². The van der Waals surface area contributed by atoms with Crippen LogP contribution in [-0.4, -0.2) is 11.2 Å². The zero-order valence-corrected chi connectivity index (χ0v) is 4.26. The Balaban J connectivity index is 2.42. The van der Waals surface area contributed by atoms with Crippen molar-refractivity contribution < 1.29 is 0 Å². The minimum atomic E-state index is 0.394. The lowest BCUT2D eigenvalue weighted by atomic mass is 10.4. The fourth-order valence-electron chi connectivity index (χ4n) is 0.543. The maximum absolute atomic E-state index is 5.26. The molecule has 3 N–H and O–H groups in total. The second-order valence-electron chi connectivity index (χ2n) is 1.67. The van der Waals surface area contributed by atoms with Crippen LogP contribution in [0.2, 0.25) is 0 Å². The van der Waals surface area contributed by atoms with Gasteiger partial charge in [-0.05, 0) is 13.0 Å². The summed E-state index contributed by atoms with van der Waals surface area (Å²) in [6.07, 6.45) is 3.78. The number of hydrogen-bond donors (Lipinski definition) is 2. The molecule has 7 heavy (non-hydrogen) atoms. The lowest BCUT2D eigenvalue weighted by Gasteiger charge is -2.08. The zero-order valence-electron chi connectivity index (χ0n) is 4.26. The third kappa shape index (κ3) is 0.913. The van der Waals surface area contributed by atoms with Gasteiger partial charge in [-0.3, -0.25) is 5.12 Å². The van der Waals surface area contributed by atoms with Crippen LogP contribution in [0.1, 0.15) is 6.92 Å². The molecule has 3 heteroatoms. The van der Waals surface area contributed by atoms with Crippen LogP contribution in [0.25, 0.3) is 0 Å². The molecule has 0 amide bonds. The molecule has 1 atom stereocenters. The maximum atomic E-state index is 5.26.